The number of nitrogens with one attached hydrogen (secondary N) is 2. The molecular weight excluding hydrogens is 274 g/mol. The summed E-state index contributed by atoms with van der Waals surface area (Å²) in [6, 6.07) is 1.59. The van der Waals surface area contributed by atoms with E-state index in [0.717, 1.165) is 6.42 Å². The lowest BCUT2D eigenvalue weighted by atomic mass is 9.97. The van der Waals surface area contributed by atoms with Crippen LogP contribution in [0.15, 0.2) is 6.07 Å². The number of anilines is 1. The molecule has 1 atom stereocenters. The SMILES string of the molecule is CC(=O)N1CCCC(C(=O)Nc2cc(C)[nH]c2C(=O)O)C1. The summed E-state index contributed by atoms with van der Waals surface area (Å²) < 4.78 is 0. The molecule has 0 aliphatic carbocycles. The number of aromatic nitrogens is 1. The van der Waals surface area contributed by atoms with Gasteiger partial charge >= 0.3 is 5.97 Å². The van der Waals surface area contributed by atoms with E-state index in [9.17, 15) is 14.4 Å². The molecule has 7 nitrogen and oxygen atoms in total. The molecule has 0 saturated carbocycles. The molecule has 0 radical (unpaired) electrons. The summed E-state index contributed by atoms with van der Waals surface area (Å²) >= 11 is 0. The van der Waals surface area contributed by atoms with Gasteiger partial charge in [-0.25, -0.2) is 4.79 Å². The highest BCUT2D eigenvalue weighted by atomic mass is 16.4. The lowest BCUT2D eigenvalue weighted by molar-refractivity contribution is -0.132. The summed E-state index contributed by atoms with van der Waals surface area (Å²) in [5, 5.41) is 11.7. The number of hydrogen-bond acceptors (Lipinski definition) is 3. The van der Waals surface area contributed by atoms with E-state index < -0.39 is 5.97 Å². The third-order valence-electron chi connectivity index (χ3n) is 3.66. The van der Waals surface area contributed by atoms with Crippen LogP contribution in [-0.4, -0.2) is 45.9 Å². The predicted octanol–water partition coefficient (Wildman–Crippen LogP) is 1.22. The Kier molecular flexibility index (Phi) is 4.30. The number of carboxylic acid groups (broad SMARTS) is 1. The van der Waals surface area contributed by atoms with Gasteiger partial charge in [-0.05, 0) is 25.8 Å². The number of carbonyl (C=O) groups excluding carboxylic acids is 2. The zero-order chi connectivity index (χ0) is 15.6. The number of carbonyl (C=O) groups is 3. The van der Waals surface area contributed by atoms with Crippen molar-refractivity contribution >= 4 is 23.5 Å². The molecule has 1 aliphatic rings. The van der Waals surface area contributed by atoms with Gasteiger partial charge in [-0.1, -0.05) is 0 Å². The second kappa shape index (κ2) is 5.99. The fourth-order valence-corrected chi connectivity index (χ4v) is 2.57. The average molecular weight is 293 g/mol. The minimum absolute atomic E-state index is 0.0277. The Morgan fingerprint density at radius 3 is 2.76 bits per heavy atom. The minimum atomic E-state index is -1.12. The first-order chi connectivity index (χ1) is 9.88. The van der Waals surface area contributed by atoms with Crippen molar-refractivity contribution < 1.29 is 19.5 Å². The molecule has 7 heteroatoms. The molecular formula is C14H19N3O4. The average Bonchev–Trinajstić information content (AvgIpc) is 2.80. The van der Waals surface area contributed by atoms with Crippen LogP contribution in [0.2, 0.25) is 0 Å². The van der Waals surface area contributed by atoms with Crippen molar-refractivity contribution in [2.75, 3.05) is 18.4 Å². The van der Waals surface area contributed by atoms with Gasteiger partial charge in [-0.3, -0.25) is 9.59 Å². The fraction of sp³-hybridized carbons (Fsp3) is 0.500. The number of carboxylic acids is 1. The van der Waals surface area contributed by atoms with Crippen molar-refractivity contribution in [1.29, 1.82) is 0 Å². The molecule has 1 fully saturated rings. The van der Waals surface area contributed by atoms with Crippen LogP contribution in [-0.2, 0) is 9.59 Å². The van der Waals surface area contributed by atoms with Crippen LogP contribution < -0.4 is 5.32 Å². The molecule has 114 valence electrons. The van der Waals surface area contributed by atoms with Gasteiger partial charge in [0.05, 0.1) is 11.6 Å². The second-order valence-electron chi connectivity index (χ2n) is 5.34. The van der Waals surface area contributed by atoms with Gasteiger partial charge in [0.15, 0.2) is 0 Å². The van der Waals surface area contributed by atoms with Gasteiger partial charge in [0.2, 0.25) is 11.8 Å². The van der Waals surface area contributed by atoms with Gasteiger partial charge < -0.3 is 20.3 Å². The number of aromatic carboxylic acids is 1. The molecule has 0 aromatic carbocycles. The van der Waals surface area contributed by atoms with E-state index in [1.54, 1.807) is 17.9 Å². The molecule has 1 aromatic heterocycles. The van der Waals surface area contributed by atoms with E-state index in [4.69, 9.17) is 5.11 Å². The third kappa shape index (κ3) is 3.42. The molecule has 3 N–H and O–H groups in total. The Labute approximate surface area is 122 Å². The van der Waals surface area contributed by atoms with Crippen molar-refractivity contribution in [3.05, 3.63) is 17.5 Å². The maximum absolute atomic E-state index is 12.3. The highest BCUT2D eigenvalue weighted by molar-refractivity contribution is 6.00. The van der Waals surface area contributed by atoms with Gasteiger partial charge in [0.1, 0.15) is 5.69 Å². The van der Waals surface area contributed by atoms with Crippen molar-refractivity contribution in [2.24, 2.45) is 5.92 Å². The van der Waals surface area contributed by atoms with Crippen LogP contribution in [0.25, 0.3) is 0 Å². The van der Waals surface area contributed by atoms with E-state index in [-0.39, 0.29) is 29.1 Å². The first-order valence-electron chi connectivity index (χ1n) is 6.87. The van der Waals surface area contributed by atoms with Gasteiger partial charge in [0.25, 0.3) is 0 Å². The number of piperidine rings is 1. The van der Waals surface area contributed by atoms with Crippen LogP contribution in [0.5, 0.6) is 0 Å². The fourth-order valence-electron chi connectivity index (χ4n) is 2.57. The van der Waals surface area contributed by atoms with Crippen molar-refractivity contribution in [1.82, 2.24) is 9.88 Å². The summed E-state index contributed by atoms with van der Waals surface area (Å²) in [6.45, 7) is 4.26. The van der Waals surface area contributed by atoms with Gasteiger partial charge in [0, 0.05) is 25.7 Å². The summed E-state index contributed by atoms with van der Waals surface area (Å²) in [5.74, 6) is -1.72. The second-order valence-corrected chi connectivity index (χ2v) is 5.34. The molecule has 21 heavy (non-hydrogen) atoms. The summed E-state index contributed by atoms with van der Waals surface area (Å²) in [4.78, 5) is 39.1. The lowest BCUT2D eigenvalue weighted by Gasteiger charge is -2.31. The largest absolute Gasteiger partial charge is 0.477 e. The van der Waals surface area contributed by atoms with E-state index >= 15 is 0 Å². The molecule has 0 spiro atoms. The molecule has 0 bridgehead atoms. The van der Waals surface area contributed by atoms with Crippen molar-refractivity contribution in [3.8, 4) is 0 Å². The van der Waals surface area contributed by atoms with Crippen LogP contribution in [0, 0.1) is 12.8 Å². The van der Waals surface area contributed by atoms with Gasteiger partial charge in [-0.15, -0.1) is 0 Å². The first kappa shape index (κ1) is 15.1. The minimum Gasteiger partial charge on any atom is -0.477 e. The zero-order valence-electron chi connectivity index (χ0n) is 12.1. The summed E-state index contributed by atoms with van der Waals surface area (Å²) in [5.41, 5.74) is 0.904. The quantitative estimate of drug-likeness (QED) is 0.779. The predicted molar refractivity (Wildman–Crippen MR) is 76.1 cm³/mol. The highest BCUT2D eigenvalue weighted by Crippen LogP contribution is 2.21. The molecule has 1 unspecified atom stereocenters. The number of hydrogen-bond donors (Lipinski definition) is 3. The summed E-state index contributed by atoms with van der Waals surface area (Å²) in [7, 11) is 0. The number of H-pyrrole nitrogens is 1. The molecule has 2 amide bonds. The lowest BCUT2D eigenvalue weighted by Crippen LogP contribution is -2.42. The van der Waals surface area contributed by atoms with E-state index in [1.807, 2.05) is 0 Å². The number of aryl methyl sites for hydroxylation is 1. The standard InChI is InChI=1S/C14H19N3O4/c1-8-6-11(12(15-8)14(20)21)16-13(19)10-4-3-5-17(7-10)9(2)18/h6,10,15H,3-5,7H2,1-2H3,(H,16,19)(H,20,21). The van der Waals surface area contributed by atoms with Crippen LogP contribution in [0.1, 0.15) is 35.9 Å². The maximum Gasteiger partial charge on any atom is 0.354 e. The van der Waals surface area contributed by atoms with Crippen LogP contribution >= 0.6 is 0 Å². The Hall–Kier alpha value is -2.31. The van der Waals surface area contributed by atoms with Crippen LogP contribution in [0.3, 0.4) is 0 Å². The van der Waals surface area contributed by atoms with Crippen molar-refractivity contribution in [2.45, 2.75) is 26.7 Å². The number of amides is 2. The van der Waals surface area contributed by atoms with E-state index in [1.165, 1.54) is 6.92 Å². The third-order valence-corrected chi connectivity index (χ3v) is 3.66. The Bertz CT molecular complexity index is 579. The maximum atomic E-state index is 12.3. The zero-order valence-corrected chi connectivity index (χ0v) is 12.1. The normalized spacial score (nSPS) is 18.4. The molecule has 2 rings (SSSR count). The molecule has 2 heterocycles. The van der Waals surface area contributed by atoms with E-state index in [0.29, 0.717) is 25.2 Å². The monoisotopic (exact) mass is 293 g/mol. The molecule has 1 saturated heterocycles. The number of nitrogens with zero attached hydrogens (tertiary/aromatic N) is 1. The van der Waals surface area contributed by atoms with E-state index in [2.05, 4.69) is 10.3 Å². The number of aromatic amines is 1. The molecule has 1 aliphatic heterocycles. The first-order valence-corrected chi connectivity index (χ1v) is 6.87. The van der Waals surface area contributed by atoms with Gasteiger partial charge in [-0.2, -0.15) is 0 Å². The summed E-state index contributed by atoms with van der Waals surface area (Å²) in [6.07, 6.45) is 1.47. The Morgan fingerprint density at radius 1 is 1.43 bits per heavy atom. The number of likely N-dealkylation sites (tertiary alicyclic amines) is 1. The smallest absolute Gasteiger partial charge is 0.354 e. The van der Waals surface area contributed by atoms with Crippen LogP contribution in [0.4, 0.5) is 5.69 Å². The Balaban J connectivity index is 2.07. The highest BCUT2D eigenvalue weighted by Gasteiger charge is 2.28. The molecule has 1 aromatic rings. The Morgan fingerprint density at radius 2 is 2.14 bits per heavy atom. The van der Waals surface area contributed by atoms with Crippen molar-refractivity contribution in [3.63, 3.8) is 0 Å². The number of rotatable bonds is 3. The topological polar surface area (TPSA) is 103 Å².